The number of fused-ring (bicyclic) bond motifs is 1. The lowest BCUT2D eigenvalue weighted by atomic mass is 10.1. The van der Waals surface area contributed by atoms with Crippen LogP contribution < -0.4 is 10.0 Å². The Morgan fingerprint density at radius 3 is 2.76 bits per heavy atom. The second-order valence-electron chi connectivity index (χ2n) is 4.88. The zero-order valence-corrected chi connectivity index (χ0v) is 11.0. The lowest BCUT2D eigenvalue weighted by Crippen LogP contribution is -2.32. The first-order valence-electron chi connectivity index (χ1n) is 5.79. The van der Waals surface area contributed by atoms with E-state index in [0.29, 0.717) is 12.2 Å². The summed E-state index contributed by atoms with van der Waals surface area (Å²) >= 11 is 0. The summed E-state index contributed by atoms with van der Waals surface area (Å²) < 4.78 is 25.9. The Morgan fingerprint density at radius 1 is 1.41 bits per heavy atom. The predicted octanol–water partition coefficient (Wildman–Crippen LogP) is 1.62. The summed E-state index contributed by atoms with van der Waals surface area (Å²) in [6, 6.07) is 5.41. The molecule has 0 bridgehead atoms. The Kier molecular flexibility index (Phi) is 3.03. The van der Waals surface area contributed by atoms with Crippen LogP contribution in [-0.4, -0.2) is 20.7 Å². The largest absolute Gasteiger partial charge is 0.399 e. The highest BCUT2D eigenvalue weighted by Gasteiger charge is 2.29. The maximum absolute atomic E-state index is 12.2. The Balaban J connectivity index is 2.34. The SMILES string of the molecule is CC(C)CS(=O)(=O)N1CCc2cc(N)ccc21. The van der Waals surface area contributed by atoms with Gasteiger partial charge in [-0.05, 0) is 36.1 Å². The molecule has 1 aliphatic heterocycles. The molecule has 0 spiro atoms. The van der Waals surface area contributed by atoms with Gasteiger partial charge < -0.3 is 5.73 Å². The number of hydrogen-bond acceptors (Lipinski definition) is 3. The molecule has 0 fully saturated rings. The first kappa shape index (κ1) is 12.2. The van der Waals surface area contributed by atoms with Gasteiger partial charge in [-0.3, -0.25) is 4.31 Å². The van der Waals surface area contributed by atoms with E-state index >= 15 is 0 Å². The zero-order chi connectivity index (χ0) is 12.6. The molecule has 0 radical (unpaired) electrons. The van der Waals surface area contributed by atoms with Gasteiger partial charge in [0.1, 0.15) is 0 Å². The number of nitrogen functional groups attached to an aromatic ring is 1. The van der Waals surface area contributed by atoms with E-state index < -0.39 is 10.0 Å². The van der Waals surface area contributed by atoms with Crippen LogP contribution in [-0.2, 0) is 16.4 Å². The molecule has 0 aliphatic carbocycles. The third-order valence-corrected chi connectivity index (χ3v) is 4.97. The molecule has 1 heterocycles. The minimum atomic E-state index is -3.19. The van der Waals surface area contributed by atoms with Crippen molar-refractivity contribution in [3.8, 4) is 0 Å². The number of sulfonamides is 1. The van der Waals surface area contributed by atoms with Crippen LogP contribution in [0.1, 0.15) is 19.4 Å². The number of anilines is 2. The number of rotatable bonds is 3. The summed E-state index contributed by atoms with van der Waals surface area (Å²) in [5.74, 6) is 0.328. The average molecular weight is 254 g/mol. The normalized spacial score (nSPS) is 15.4. The van der Waals surface area contributed by atoms with E-state index in [2.05, 4.69) is 0 Å². The molecule has 0 atom stereocenters. The molecule has 0 amide bonds. The fourth-order valence-corrected chi connectivity index (χ4v) is 4.06. The van der Waals surface area contributed by atoms with Gasteiger partial charge in [-0.15, -0.1) is 0 Å². The molecule has 17 heavy (non-hydrogen) atoms. The minimum Gasteiger partial charge on any atom is -0.399 e. The van der Waals surface area contributed by atoms with Crippen LogP contribution in [0.3, 0.4) is 0 Å². The number of benzene rings is 1. The molecule has 4 nitrogen and oxygen atoms in total. The van der Waals surface area contributed by atoms with E-state index in [1.54, 1.807) is 12.1 Å². The summed E-state index contributed by atoms with van der Waals surface area (Å²) in [5, 5.41) is 0. The van der Waals surface area contributed by atoms with Crippen molar-refractivity contribution in [3.05, 3.63) is 23.8 Å². The Hall–Kier alpha value is -1.23. The van der Waals surface area contributed by atoms with Crippen LogP contribution in [0.5, 0.6) is 0 Å². The fraction of sp³-hybridized carbons (Fsp3) is 0.500. The lowest BCUT2D eigenvalue weighted by molar-refractivity contribution is 0.578. The summed E-state index contributed by atoms with van der Waals surface area (Å²) in [4.78, 5) is 0. The van der Waals surface area contributed by atoms with Crippen molar-refractivity contribution in [2.45, 2.75) is 20.3 Å². The molecule has 0 aromatic heterocycles. The molecule has 5 heteroatoms. The zero-order valence-electron chi connectivity index (χ0n) is 10.2. The van der Waals surface area contributed by atoms with Gasteiger partial charge in [0, 0.05) is 12.2 Å². The number of nitrogens with two attached hydrogens (primary N) is 1. The van der Waals surface area contributed by atoms with Gasteiger partial charge in [0.15, 0.2) is 0 Å². The molecule has 0 saturated heterocycles. The number of nitrogens with zero attached hydrogens (tertiary/aromatic N) is 1. The van der Waals surface area contributed by atoms with Crippen molar-refractivity contribution in [2.24, 2.45) is 5.92 Å². The van der Waals surface area contributed by atoms with Crippen LogP contribution in [0, 0.1) is 5.92 Å². The van der Waals surface area contributed by atoms with E-state index in [1.165, 1.54) is 4.31 Å². The van der Waals surface area contributed by atoms with E-state index in [0.717, 1.165) is 17.7 Å². The number of hydrogen-bond donors (Lipinski definition) is 1. The Bertz CT molecular complexity index is 523. The van der Waals surface area contributed by atoms with Crippen LogP contribution in [0.15, 0.2) is 18.2 Å². The molecular formula is C12H18N2O2S. The van der Waals surface area contributed by atoms with E-state index in [-0.39, 0.29) is 11.7 Å². The molecule has 2 rings (SSSR count). The van der Waals surface area contributed by atoms with Gasteiger partial charge in [-0.1, -0.05) is 13.8 Å². The lowest BCUT2D eigenvalue weighted by Gasteiger charge is -2.20. The summed E-state index contributed by atoms with van der Waals surface area (Å²) in [6.07, 6.45) is 0.748. The maximum Gasteiger partial charge on any atom is 0.235 e. The van der Waals surface area contributed by atoms with Gasteiger partial charge in [-0.25, -0.2) is 8.42 Å². The van der Waals surface area contributed by atoms with Crippen molar-refractivity contribution in [1.29, 1.82) is 0 Å². The van der Waals surface area contributed by atoms with Crippen molar-refractivity contribution >= 4 is 21.4 Å². The van der Waals surface area contributed by atoms with Crippen LogP contribution in [0.2, 0.25) is 0 Å². The molecule has 0 unspecified atom stereocenters. The van der Waals surface area contributed by atoms with Crippen LogP contribution in [0.25, 0.3) is 0 Å². The first-order chi connectivity index (χ1) is 7.90. The van der Waals surface area contributed by atoms with Crippen LogP contribution >= 0.6 is 0 Å². The molecule has 1 aliphatic rings. The third-order valence-electron chi connectivity index (χ3n) is 2.84. The Labute approximate surface area is 102 Å². The highest BCUT2D eigenvalue weighted by atomic mass is 32.2. The van der Waals surface area contributed by atoms with Gasteiger partial charge >= 0.3 is 0 Å². The third kappa shape index (κ3) is 2.39. The second-order valence-corrected chi connectivity index (χ2v) is 6.82. The van der Waals surface area contributed by atoms with Crippen molar-refractivity contribution in [1.82, 2.24) is 0 Å². The smallest absolute Gasteiger partial charge is 0.235 e. The van der Waals surface area contributed by atoms with Gasteiger partial charge in [0.2, 0.25) is 10.0 Å². The first-order valence-corrected chi connectivity index (χ1v) is 7.40. The minimum absolute atomic E-state index is 0.137. The summed E-state index contributed by atoms with van der Waals surface area (Å²) in [5.41, 5.74) is 8.20. The van der Waals surface area contributed by atoms with Gasteiger partial charge in [0.05, 0.1) is 11.4 Å². The van der Waals surface area contributed by atoms with Crippen molar-refractivity contribution in [2.75, 3.05) is 22.3 Å². The summed E-state index contributed by atoms with van der Waals surface area (Å²) in [7, 11) is -3.19. The average Bonchev–Trinajstić information content (AvgIpc) is 2.58. The van der Waals surface area contributed by atoms with Gasteiger partial charge in [-0.2, -0.15) is 0 Å². The van der Waals surface area contributed by atoms with Crippen molar-refractivity contribution in [3.63, 3.8) is 0 Å². The Morgan fingerprint density at radius 2 is 2.12 bits per heavy atom. The highest BCUT2D eigenvalue weighted by molar-refractivity contribution is 7.92. The fourth-order valence-electron chi connectivity index (χ4n) is 2.19. The molecule has 0 saturated carbocycles. The molecular weight excluding hydrogens is 236 g/mol. The second kappa shape index (κ2) is 4.22. The quantitative estimate of drug-likeness (QED) is 0.834. The van der Waals surface area contributed by atoms with E-state index in [1.807, 2.05) is 19.9 Å². The summed E-state index contributed by atoms with van der Waals surface area (Å²) in [6.45, 7) is 4.36. The molecule has 2 N–H and O–H groups in total. The van der Waals surface area contributed by atoms with Gasteiger partial charge in [0.25, 0.3) is 0 Å². The molecule has 1 aromatic rings. The topological polar surface area (TPSA) is 63.4 Å². The van der Waals surface area contributed by atoms with E-state index in [4.69, 9.17) is 5.73 Å². The molecule has 94 valence electrons. The van der Waals surface area contributed by atoms with Crippen molar-refractivity contribution < 1.29 is 8.42 Å². The molecule has 1 aromatic carbocycles. The highest BCUT2D eigenvalue weighted by Crippen LogP contribution is 2.32. The predicted molar refractivity (Wildman–Crippen MR) is 70.5 cm³/mol. The van der Waals surface area contributed by atoms with E-state index in [9.17, 15) is 8.42 Å². The maximum atomic E-state index is 12.2. The van der Waals surface area contributed by atoms with Crippen LogP contribution in [0.4, 0.5) is 11.4 Å². The standard InChI is InChI=1S/C12H18N2O2S/c1-9(2)8-17(15,16)14-6-5-10-7-11(13)3-4-12(10)14/h3-4,7,9H,5-6,8,13H2,1-2H3. The monoisotopic (exact) mass is 254 g/mol.